The first-order chi connectivity index (χ1) is 19.7. The molecule has 0 aliphatic carbocycles. The summed E-state index contributed by atoms with van der Waals surface area (Å²) in [6, 6.07) is 22.2. The Hall–Kier alpha value is -4.22. The van der Waals surface area contributed by atoms with Crippen LogP contribution in [0.4, 0.5) is 11.4 Å². The lowest BCUT2D eigenvalue weighted by Gasteiger charge is -2.38. The number of rotatable bonds is 10. The van der Waals surface area contributed by atoms with Crippen LogP contribution in [0.1, 0.15) is 29.9 Å². The number of ether oxygens (including phenoxy) is 1. The summed E-state index contributed by atoms with van der Waals surface area (Å²) in [6.07, 6.45) is 4.80. The Kier molecular flexibility index (Phi) is 8.65. The second-order valence-corrected chi connectivity index (χ2v) is 12.0. The maximum Gasteiger partial charge on any atom is 0.234 e. The molecule has 1 N–H and O–H groups in total. The number of nitrogens with zero attached hydrogens (tertiary/aromatic N) is 4. The minimum Gasteiger partial charge on any atom is -0.439 e. The van der Waals surface area contributed by atoms with Crippen LogP contribution >= 0.6 is 0 Å². The summed E-state index contributed by atoms with van der Waals surface area (Å²) in [5.74, 6) is 1.59. The number of carbonyl (C=O) groups excluding carboxylic acids is 1. The van der Waals surface area contributed by atoms with Crippen molar-refractivity contribution >= 4 is 27.3 Å². The molecule has 1 aliphatic heterocycles. The highest BCUT2D eigenvalue weighted by molar-refractivity contribution is 7.92. The highest BCUT2D eigenvalue weighted by atomic mass is 32.2. The number of likely N-dealkylation sites (tertiary alicyclic amines) is 1. The van der Waals surface area contributed by atoms with Crippen molar-refractivity contribution in [2.75, 3.05) is 29.0 Å². The van der Waals surface area contributed by atoms with E-state index in [1.165, 1.54) is 0 Å². The van der Waals surface area contributed by atoms with E-state index in [0.29, 0.717) is 23.1 Å². The number of anilines is 2. The second-order valence-electron chi connectivity index (χ2n) is 10.2. The van der Waals surface area contributed by atoms with Crippen LogP contribution in [0.3, 0.4) is 0 Å². The normalized spacial score (nSPS) is 14.5. The lowest BCUT2D eigenvalue weighted by atomic mass is 10.0. The third-order valence-electron chi connectivity index (χ3n) is 6.81. The SMILES string of the molecule is Cc1cc(CC(=O)N(c2ccccc2)C2CCN(Cc3ccc(Oc4ccc(NS(C)(=O)=O)cc4)nc3)CC2)on1. The van der Waals surface area contributed by atoms with Crippen molar-refractivity contribution in [2.45, 2.75) is 38.8 Å². The molecule has 0 unspecified atom stereocenters. The van der Waals surface area contributed by atoms with E-state index in [2.05, 4.69) is 19.8 Å². The first-order valence-electron chi connectivity index (χ1n) is 13.4. The molecule has 11 heteroatoms. The van der Waals surface area contributed by atoms with E-state index in [9.17, 15) is 13.2 Å². The van der Waals surface area contributed by atoms with Crippen LogP contribution < -0.4 is 14.4 Å². The van der Waals surface area contributed by atoms with Gasteiger partial charge in [0.05, 0.1) is 18.4 Å². The Balaban J connectivity index is 1.16. The maximum absolute atomic E-state index is 13.4. The lowest BCUT2D eigenvalue weighted by Crippen LogP contribution is -2.48. The van der Waals surface area contributed by atoms with Gasteiger partial charge in [-0.3, -0.25) is 14.4 Å². The van der Waals surface area contributed by atoms with Gasteiger partial charge in [-0.05, 0) is 61.7 Å². The fourth-order valence-electron chi connectivity index (χ4n) is 4.97. The second kappa shape index (κ2) is 12.5. The van der Waals surface area contributed by atoms with Crippen LogP contribution in [0.2, 0.25) is 0 Å². The Labute approximate surface area is 240 Å². The zero-order valence-corrected chi connectivity index (χ0v) is 23.9. The van der Waals surface area contributed by atoms with E-state index < -0.39 is 10.0 Å². The molecule has 1 saturated heterocycles. The molecule has 1 amide bonds. The van der Waals surface area contributed by atoms with Gasteiger partial charge in [-0.25, -0.2) is 13.4 Å². The van der Waals surface area contributed by atoms with Gasteiger partial charge in [0.2, 0.25) is 21.8 Å². The van der Waals surface area contributed by atoms with Gasteiger partial charge < -0.3 is 14.2 Å². The van der Waals surface area contributed by atoms with Gasteiger partial charge >= 0.3 is 0 Å². The number of piperidine rings is 1. The fraction of sp³-hybridized carbons (Fsp3) is 0.300. The van der Waals surface area contributed by atoms with Crippen molar-refractivity contribution in [1.82, 2.24) is 15.0 Å². The lowest BCUT2D eigenvalue weighted by molar-refractivity contribution is -0.119. The topological polar surface area (TPSA) is 118 Å². The molecule has 1 fully saturated rings. The number of pyridine rings is 1. The van der Waals surface area contributed by atoms with Gasteiger partial charge in [-0.15, -0.1) is 0 Å². The molecule has 2 aromatic heterocycles. The quantitative estimate of drug-likeness (QED) is 0.287. The van der Waals surface area contributed by atoms with Gasteiger partial charge in [0.15, 0.2) is 0 Å². The maximum atomic E-state index is 13.4. The highest BCUT2D eigenvalue weighted by Crippen LogP contribution is 2.26. The van der Waals surface area contributed by atoms with E-state index in [1.807, 2.05) is 60.4 Å². The minimum atomic E-state index is -3.33. The van der Waals surface area contributed by atoms with Crippen molar-refractivity contribution in [3.8, 4) is 11.6 Å². The summed E-state index contributed by atoms with van der Waals surface area (Å²) in [6.45, 7) is 4.31. The molecule has 0 radical (unpaired) electrons. The summed E-state index contributed by atoms with van der Waals surface area (Å²) in [5.41, 5.74) is 3.20. The van der Waals surface area contributed by atoms with Gasteiger partial charge in [0, 0.05) is 55.4 Å². The molecule has 5 rings (SSSR count). The molecule has 4 aromatic rings. The molecule has 3 heterocycles. The molecule has 0 atom stereocenters. The first-order valence-corrected chi connectivity index (χ1v) is 15.3. The average molecular weight is 576 g/mol. The number of carbonyl (C=O) groups is 1. The van der Waals surface area contributed by atoms with Crippen LogP contribution in [0, 0.1) is 6.92 Å². The van der Waals surface area contributed by atoms with Crippen LogP contribution in [0.25, 0.3) is 0 Å². The molecule has 41 heavy (non-hydrogen) atoms. The number of hydrogen-bond acceptors (Lipinski definition) is 8. The number of sulfonamides is 1. The van der Waals surface area contributed by atoms with Gasteiger partial charge in [0.25, 0.3) is 0 Å². The molecule has 1 aliphatic rings. The summed E-state index contributed by atoms with van der Waals surface area (Å²) >= 11 is 0. The van der Waals surface area contributed by atoms with Gasteiger partial charge in [-0.1, -0.05) is 29.4 Å². The van der Waals surface area contributed by atoms with E-state index in [4.69, 9.17) is 9.26 Å². The number of amides is 1. The van der Waals surface area contributed by atoms with Crippen LogP contribution in [0.5, 0.6) is 11.6 Å². The smallest absolute Gasteiger partial charge is 0.234 e. The van der Waals surface area contributed by atoms with Crippen molar-refractivity contribution in [3.05, 3.63) is 96.0 Å². The summed E-state index contributed by atoms with van der Waals surface area (Å²) < 4.78 is 36.3. The van der Waals surface area contributed by atoms with E-state index >= 15 is 0 Å². The zero-order chi connectivity index (χ0) is 28.8. The molecular formula is C30H33N5O5S. The van der Waals surface area contributed by atoms with Gasteiger partial charge in [0.1, 0.15) is 11.5 Å². The van der Waals surface area contributed by atoms with E-state index in [1.54, 1.807) is 30.5 Å². The highest BCUT2D eigenvalue weighted by Gasteiger charge is 2.30. The van der Waals surface area contributed by atoms with Crippen molar-refractivity contribution in [1.29, 1.82) is 0 Å². The molecule has 10 nitrogen and oxygen atoms in total. The van der Waals surface area contributed by atoms with Crippen LogP contribution in [0.15, 0.2) is 83.5 Å². The summed E-state index contributed by atoms with van der Waals surface area (Å²) in [4.78, 5) is 22.1. The summed E-state index contributed by atoms with van der Waals surface area (Å²) in [5, 5.41) is 3.92. The fourth-order valence-corrected chi connectivity index (χ4v) is 5.53. The Bertz CT molecular complexity index is 1550. The number of nitrogens with one attached hydrogen (secondary N) is 1. The monoisotopic (exact) mass is 575 g/mol. The Morgan fingerprint density at radius 1 is 1.07 bits per heavy atom. The van der Waals surface area contributed by atoms with Crippen LogP contribution in [-0.4, -0.2) is 54.8 Å². The van der Waals surface area contributed by atoms with Gasteiger partial charge in [-0.2, -0.15) is 0 Å². The number of hydrogen-bond donors (Lipinski definition) is 1. The minimum absolute atomic E-state index is 0.00638. The number of benzene rings is 2. The molecule has 2 aromatic carbocycles. The zero-order valence-electron chi connectivity index (χ0n) is 23.1. The predicted octanol–water partition coefficient (Wildman–Crippen LogP) is 4.78. The summed E-state index contributed by atoms with van der Waals surface area (Å²) in [7, 11) is -3.33. The Morgan fingerprint density at radius 3 is 2.41 bits per heavy atom. The molecular weight excluding hydrogens is 542 g/mol. The molecule has 0 saturated carbocycles. The first kappa shape index (κ1) is 28.3. The number of para-hydroxylation sites is 1. The van der Waals surface area contributed by atoms with E-state index in [-0.39, 0.29) is 18.4 Å². The average Bonchev–Trinajstić information content (AvgIpc) is 3.36. The molecule has 0 bridgehead atoms. The predicted molar refractivity (Wildman–Crippen MR) is 156 cm³/mol. The number of aryl methyl sites for hydroxylation is 1. The number of aromatic nitrogens is 2. The standard InChI is InChI=1S/C30H33N5O5S/c1-22-18-28(40-32-22)19-30(36)35(25-6-4-3-5-7-25)26-14-16-34(17-15-26)21-23-8-13-29(31-20-23)39-27-11-9-24(10-12-27)33-41(2,37)38/h3-13,18,20,26,33H,14-17,19,21H2,1-2H3. The third kappa shape index (κ3) is 7.92. The molecule has 0 spiro atoms. The van der Waals surface area contributed by atoms with Crippen LogP contribution in [-0.2, 0) is 27.8 Å². The third-order valence-corrected chi connectivity index (χ3v) is 7.42. The van der Waals surface area contributed by atoms with Crippen molar-refractivity contribution in [2.24, 2.45) is 0 Å². The van der Waals surface area contributed by atoms with Crippen molar-refractivity contribution < 1.29 is 22.5 Å². The largest absolute Gasteiger partial charge is 0.439 e. The Morgan fingerprint density at radius 2 is 1.80 bits per heavy atom. The van der Waals surface area contributed by atoms with E-state index in [0.717, 1.165) is 55.7 Å². The van der Waals surface area contributed by atoms with Crippen molar-refractivity contribution in [3.63, 3.8) is 0 Å². The molecule has 214 valence electrons.